The summed E-state index contributed by atoms with van der Waals surface area (Å²) in [5, 5.41) is 2.46. The molecule has 0 aliphatic heterocycles. The van der Waals surface area contributed by atoms with Crippen molar-refractivity contribution in [2.24, 2.45) is 5.73 Å². The lowest BCUT2D eigenvalue weighted by molar-refractivity contribution is -0.120. The summed E-state index contributed by atoms with van der Waals surface area (Å²) in [6.07, 6.45) is -0.255. The predicted molar refractivity (Wildman–Crippen MR) is 52.3 cm³/mol. The Hall–Kier alpha value is -0.660. The number of hydrogen-bond acceptors (Lipinski definition) is 4. The van der Waals surface area contributed by atoms with E-state index >= 15 is 0 Å². The number of carbonyl (C=O) groups is 1. The van der Waals surface area contributed by atoms with Crippen LogP contribution in [-0.4, -0.2) is 36.7 Å². The second-order valence-electron chi connectivity index (χ2n) is 3.80. The Bertz CT molecular complexity index is 291. The number of rotatable bonds is 5. The number of hydrogen-bond donors (Lipinski definition) is 3. The fraction of sp³-hybridized carbons (Fsp3) is 0.857. The van der Waals surface area contributed by atoms with Gasteiger partial charge in [-0.3, -0.25) is 9.35 Å². The Labute approximate surface area is 83.6 Å². The van der Waals surface area contributed by atoms with E-state index in [0.717, 1.165) is 0 Å². The van der Waals surface area contributed by atoms with Crippen LogP contribution in [0.25, 0.3) is 0 Å². The molecule has 0 fully saturated rings. The van der Waals surface area contributed by atoms with Crippen molar-refractivity contribution in [3.63, 3.8) is 0 Å². The minimum atomic E-state index is -4.07. The fourth-order valence-electron chi connectivity index (χ4n) is 0.636. The number of nitrogens with two attached hydrogens (primary N) is 1. The Kier molecular flexibility index (Phi) is 4.50. The monoisotopic (exact) mass is 224 g/mol. The third-order valence-electron chi connectivity index (χ3n) is 1.33. The number of nitrogens with one attached hydrogen (secondary N) is 1. The van der Waals surface area contributed by atoms with E-state index in [1.54, 1.807) is 13.8 Å². The highest BCUT2D eigenvalue weighted by Crippen LogP contribution is 1.94. The lowest BCUT2D eigenvalue weighted by atomic mass is 10.1. The highest BCUT2D eigenvalue weighted by atomic mass is 32.2. The zero-order valence-electron chi connectivity index (χ0n) is 8.28. The van der Waals surface area contributed by atoms with Crippen LogP contribution in [0.1, 0.15) is 20.3 Å². The molecule has 4 N–H and O–H groups in total. The van der Waals surface area contributed by atoms with Gasteiger partial charge in [-0.1, -0.05) is 0 Å². The van der Waals surface area contributed by atoms with Gasteiger partial charge in [-0.25, -0.2) is 0 Å². The van der Waals surface area contributed by atoms with Gasteiger partial charge in [-0.05, 0) is 13.8 Å². The molecule has 0 heterocycles. The van der Waals surface area contributed by atoms with E-state index in [9.17, 15) is 13.2 Å². The molecule has 0 saturated carbocycles. The molecule has 0 aliphatic rings. The van der Waals surface area contributed by atoms with Gasteiger partial charge in [0.2, 0.25) is 5.91 Å². The first-order valence-corrected chi connectivity index (χ1v) is 5.72. The quantitative estimate of drug-likeness (QED) is 0.525. The highest BCUT2D eigenvalue weighted by molar-refractivity contribution is 7.85. The van der Waals surface area contributed by atoms with Crippen LogP contribution in [0.5, 0.6) is 0 Å². The van der Waals surface area contributed by atoms with Gasteiger partial charge in [0.05, 0.1) is 5.75 Å². The van der Waals surface area contributed by atoms with Crippen LogP contribution in [0.2, 0.25) is 0 Å². The molecule has 0 rings (SSSR count). The van der Waals surface area contributed by atoms with Crippen LogP contribution >= 0.6 is 0 Å². The maximum absolute atomic E-state index is 11.0. The molecule has 14 heavy (non-hydrogen) atoms. The summed E-state index contributed by atoms with van der Waals surface area (Å²) < 4.78 is 28.9. The second kappa shape index (κ2) is 4.72. The Morgan fingerprint density at radius 1 is 1.50 bits per heavy atom. The average molecular weight is 224 g/mol. The van der Waals surface area contributed by atoms with Crippen molar-refractivity contribution < 1.29 is 17.8 Å². The molecule has 0 unspecified atom stereocenters. The maximum Gasteiger partial charge on any atom is 0.265 e. The molecule has 6 nitrogen and oxygen atoms in total. The van der Waals surface area contributed by atoms with Crippen molar-refractivity contribution in [3.8, 4) is 0 Å². The van der Waals surface area contributed by atoms with E-state index in [2.05, 4.69) is 5.32 Å². The van der Waals surface area contributed by atoms with Crippen LogP contribution in [0, 0.1) is 0 Å². The zero-order chi connectivity index (χ0) is 11.4. The lowest BCUT2D eigenvalue weighted by Crippen LogP contribution is -2.45. The lowest BCUT2D eigenvalue weighted by Gasteiger charge is -2.18. The molecule has 0 saturated heterocycles. The molecule has 0 aromatic carbocycles. The molecule has 0 atom stereocenters. The molecule has 0 bridgehead atoms. The molecular weight excluding hydrogens is 208 g/mol. The summed E-state index contributed by atoms with van der Waals surface area (Å²) in [7, 11) is -4.07. The topological polar surface area (TPSA) is 109 Å². The van der Waals surface area contributed by atoms with Crippen LogP contribution in [0.3, 0.4) is 0 Å². The second-order valence-corrected chi connectivity index (χ2v) is 5.37. The predicted octanol–water partition coefficient (Wildman–Crippen LogP) is -0.882. The van der Waals surface area contributed by atoms with Crippen molar-refractivity contribution in [1.29, 1.82) is 0 Å². The number of amides is 1. The van der Waals surface area contributed by atoms with E-state index in [-0.39, 0.29) is 13.0 Å². The summed E-state index contributed by atoms with van der Waals surface area (Å²) in [4.78, 5) is 11.0. The van der Waals surface area contributed by atoms with Gasteiger partial charge < -0.3 is 11.1 Å². The van der Waals surface area contributed by atoms with E-state index in [1.165, 1.54) is 0 Å². The Balaban J connectivity index is 3.79. The summed E-state index contributed by atoms with van der Waals surface area (Å²) in [5.74, 6) is -1.01. The van der Waals surface area contributed by atoms with Gasteiger partial charge in [0.1, 0.15) is 0 Å². The third kappa shape index (κ3) is 9.43. The maximum atomic E-state index is 11.0. The highest BCUT2D eigenvalue weighted by Gasteiger charge is 2.13. The van der Waals surface area contributed by atoms with Crippen molar-refractivity contribution in [2.45, 2.75) is 25.8 Å². The molecule has 84 valence electrons. The van der Waals surface area contributed by atoms with Crippen LogP contribution < -0.4 is 11.1 Å². The molecule has 0 radical (unpaired) electrons. The number of carbonyl (C=O) groups excluding carboxylic acids is 1. The van der Waals surface area contributed by atoms with Crippen molar-refractivity contribution in [3.05, 3.63) is 0 Å². The van der Waals surface area contributed by atoms with Crippen molar-refractivity contribution in [1.82, 2.24) is 5.32 Å². The van der Waals surface area contributed by atoms with E-state index in [1.807, 2.05) is 0 Å². The van der Waals surface area contributed by atoms with Crippen LogP contribution in [0.15, 0.2) is 0 Å². The first-order valence-electron chi connectivity index (χ1n) is 4.11. The van der Waals surface area contributed by atoms with Gasteiger partial charge >= 0.3 is 0 Å². The Morgan fingerprint density at radius 2 is 2.00 bits per heavy atom. The molecule has 0 aromatic rings. The molecule has 1 amide bonds. The smallest absolute Gasteiger partial charge is 0.265 e. The largest absolute Gasteiger partial charge is 0.354 e. The van der Waals surface area contributed by atoms with Gasteiger partial charge in [-0.15, -0.1) is 0 Å². The normalized spacial score (nSPS) is 12.6. The molecule has 7 heteroatoms. The van der Waals surface area contributed by atoms with Gasteiger partial charge in [0.25, 0.3) is 10.1 Å². The first kappa shape index (κ1) is 13.3. The van der Waals surface area contributed by atoms with Crippen LogP contribution in [0.4, 0.5) is 0 Å². The average Bonchev–Trinajstić information content (AvgIpc) is 1.94. The Morgan fingerprint density at radius 3 is 2.36 bits per heavy atom. The van der Waals surface area contributed by atoms with E-state index in [0.29, 0.717) is 0 Å². The summed E-state index contributed by atoms with van der Waals surface area (Å²) >= 11 is 0. The minimum absolute atomic E-state index is 0.255. The summed E-state index contributed by atoms with van der Waals surface area (Å²) in [6.45, 7) is 3.73. The van der Waals surface area contributed by atoms with Crippen LogP contribution in [-0.2, 0) is 14.9 Å². The first-order chi connectivity index (χ1) is 6.10. The van der Waals surface area contributed by atoms with Crippen molar-refractivity contribution >= 4 is 16.0 Å². The summed E-state index contributed by atoms with van der Waals surface area (Å²) in [5.41, 5.74) is 5.05. The van der Waals surface area contributed by atoms with E-state index < -0.39 is 27.3 Å². The van der Waals surface area contributed by atoms with Crippen molar-refractivity contribution in [2.75, 3.05) is 12.3 Å². The van der Waals surface area contributed by atoms with E-state index in [4.69, 9.17) is 10.3 Å². The summed E-state index contributed by atoms with van der Waals surface area (Å²) in [6, 6.07) is 0. The van der Waals surface area contributed by atoms with Gasteiger partial charge in [-0.2, -0.15) is 8.42 Å². The van der Waals surface area contributed by atoms with Gasteiger partial charge in [0.15, 0.2) is 0 Å². The minimum Gasteiger partial charge on any atom is -0.354 e. The van der Waals surface area contributed by atoms with Gasteiger partial charge in [0, 0.05) is 18.5 Å². The standard InChI is InChI=1S/C7H16N2O4S/c1-7(2,8)5-9-6(10)3-4-14(11,12)13/h3-5,8H2,1-2H3,(H,9,10)(H,11,12,13). The fourth-order valence-corrected chi connectivity index (χ4v) is 1.08. The SMILES string of the molecule is CC(C)(N)CNC(=O)CCS(=O)(=O)O. The molecule has 0 aliphatic carbocycles. The zero-order valence-corrected chi connectivity index (χ0v) is 9.10. The molecule has 0 aromatic heterocycles. The third-order valence-corrected chi connectivity index (χ3v) is 2.05. The molecule has 0 spiro atoms. The molecular formula is C7H16N2O4S.